The highest BCUT2D eigenvalue weighted by molar-refractivity contribution is 6.69. The van der Waals surface area contributed by atoms with Crippen molar-refractivity contribution < 1.29 is 4.43 Å². The van der Waals surface area contributed by atoms with E-state index in [1.54, 1.807) is 0 Å². The SMILES string of the molecule is CCCCCCC(CCCC)CO[Si](C)(C)C. The summed E-state index contributed by atoms with van der Waals surface area (Å²) >= 11 is 0. The molecule has 0 aromatic heterocycles. The Morgan fingerprint density at radius 3 is 1.94 bits per heavy atom. The van der Waals surface area contributed by atoms with Gasteiger partial charge in [-0.2, -0.15) is 0 Å². The van der Waals surface area contributed by atoms with E-state index in [0.29, 0.717) is 0 Å². The van der Waals surface area contributed by atoms with Gasteiger partial charge in [0.05, 0.1) is 0 Å². The van der Waals surface area contributed by atoms with Crippen molar-refractivity contribution in [2.75, 3.05) is 6.61 Å². The van der Waals surface area contributed by atoms with Crippen molar-refractivity contribution in [3.63, 3.8) is 0 Å². The predicted octanol–water partition coefficient (Wildman–Crippen LogP) is 5.61. The average Bonchev–Trinajstić information content (AvgIpc) is 2.25. The number of unbranched alkanes of at least 4 members (excludes halogenated alkanes) is 4. The lowest BCUT2D eigenvalue weighted by Gasteiger charge is -2.23. The van der Waals surface area contributed by atoms with Gasteiger partial charge in [-0.1, -0.05) is 52.4 Å². The molecule has 0 N–H and O–H groups in total. The summed E-state index contributed by atoms with van der Waals surface area (Å²) < 4.78 is 6.08. The molecule has 0 amide bonds. The highest BCUT2D eigenvalue weighted by atomic mass is 28.4. The van der Waals surface area contributed by atoms with Crippen LogP contribution in [0.1, 0.15) is 65.2 Å². The van der Waals surface area contributed by atoms with Gasteiger partial charge < -0.3 is 4.43 Å². The lowest BCUT2D eigenvalue weighted by Crippen LogP contribution is -2.28. The summed E-state index contributed by atoms with van der Waals surface area (Å²) in [5.41, 5.74) is 0. The molecule has 0 aromatic rings. The number of hydrogen-bond acceptors (Lipinski definition) is 1. The van der Waals surface area contributed by atoms with Crippen molar-refractivity contribution in [2.45, 2.75) is 84.9 Å². The second-order valence-electron chi connectivity index (χ2n) is 6.28. The van der Waals surface area contributed by atoms with Crippen LogP contribution in [0.4, 0.5) is 0 Å². The minimum absolute atomic E-state index is 0.818. The second kappa shape index (κ2) is 10.1. The molecular formula is C15H34OSi. The van der Waals surface area contributed by atoms with Gasteiger partial charge in [-0.15, -0.1) is 0 Å². The lowest BCUT2D eigenvalue weighted by atomic mass is 9.96. The number of hydrogen-bond donors (Lipinski definition) is 0. The van der Waals surface area contributed by atoms with Crippen molar-refractivity contribution in [1.29, 1.82) is 0 Å². The molecule has 1 atom stereocenters. The fourth-order valence-electron chi connectivity index (χ4n) is 2.03. The molecule has 0 bridgehead atoms. The first-order valence-electron chi connectivity index (χ1n) is 7.63. The Kier molecular flexibility index (Phi) is 10.2. The molecule has 17 heavy (non-hydrogen) atoms. The molecule has 0 aliphatic heterocycles. The van der Waals surface area contributed by atoms with E-state index in [9.17, 15) is 0 Å². The first-order valence-corrected chi connectivity index (χ1v) is 11.0. The monoisotopic (exact) mass is 258 g/mol. The van der Waals surface area contributed by atoms with E-state index in [2.05, 4.69) is 33.5 Å². The molecule has 2 heteroatoms. The van der Waals surface area contributed by atoms with E-state index >= 15 is 0 Å². The molecule has 0 saturated carbocycles. The quantitative estimate of drug-likeness (QED) is 0.345. The largest absolute Gasteiger partial charge is 0.417 e. The van der Waals surface area contributed by atoms with E-state index in [-0.39, 0.29) is 0 Å². The highest BCUT2D eigenvalue weighted by Gasteiger charge is 2.17. The molecular weight excluding hydrogens is 224 g/mol. The zero-order valence-electron chi connectivity index (χ0n) is 12.8. The zero-order chi connectivity index (χ0) is 13.1. The first kappa shape index (κ1) is 17.2. The van der Waals surface area contributed by atoms with Crippen LogP contribution >= 0.6 is 0 Å². The van der Waals surface area contributed by atoms with Crippen molar-refractivity contribution in [3.8, 4) is 0 Å². The minimum Gasteiger partial charge on any atom is -0.417 e. The van der Waals surface area contributed by atoms with Crippen molar-refractivity contribution in [3.05, 3.63) is 0 Å². The van der Waals surface area contributed by atoms with Gasteiger partial charge in [0.1, 0.15) is 0 Å². The average molecular weight is 259 g/mol. The third-order valence-corrected chi connectivity index (χ3v) is 4.22. The maximum Gasteiger partial charge on any atom is 0.183 e. The van der Waals surface area contributed by atoms with Gasteiger partial charge in [-0.05, 0) is 38.4 Å². The molecule has 1 nitrogen and oxygen atoms in total. The highest BCUT2D eigenvalue weighted by Crippen LogP contribution is 2.19. The normalized spacial score (nSPS) is 13.9. The van der Waals surface area contributed by atoms with Crippen molar-refractivity contribution in [2.24, 2.45) is 5.92 Å². The minimum atomic E-state index is -1.31. The summed E-state index contributed by atoms with van der Waals surface area (Å²) in [6, 6.07) is 0. The van der Waals surface area contributed by atoms with E-state index < -0.39 is 8.32 Å². The molecule has 0 heterocycles. The molecule has 0 aliphatic rings. The Balaban J connectivity index is 3.79. The van der Waals surface area contributed by atoms with Crippen LogP contribution in [0.2, 0.25) is 19.6 Å². The summed E-state index contributed by atoms with van der Waals surface area (Å²) in [6.45, 7) is 12.5. The van der Waals surface area contributed by atoms with Crippen LogP contribution in [0.3, 0.4) is 0 Å². The maximum absolute atomic E-state index is 6.08. The topological polar surface area (TPSA) is 9.23 Å². The number of rotatable bonds is 11. The van der Waals surface area contributed by atoms with Crippen LogP contribution in [-0.2, 0) is 4.43 Å². The standard InChI is InChI=1S/C15H34OSi/c1-6-8-10-11-13-15(12-9-7-2)14-16-17(3,4)5/h15H,6-14H2,1-5H3. The van der Waals surface area contributed by atoms with Gasteiger partial charge in [0.25, 0.3) is 0 Å². The molecule has 104 valence electrons. The van der Waals surface area contributed by atoms with E-state index in [0.717, 1.165) is 12.5 Å². The van der Waals surface area contributed by atoms with E-state index in [1.807, 2.05) is 0 Å². The van der Waals surface area contributed by atoms with Gasteiger partial charge >= 0.3 is 0 Å². The van der Waals surface area contributed by atoms with Crippen LogP contribution in [0.25, 0.3) is 0 Å². The molecule has 0 rings (SSSR count). The van der Waals surface area contributed by atoms with Gasteiger partial charge in [-0.3, -0.25) is 0 Å². The van der Waals surface area contributed by atoms with Crippen molar-refractivity contribution in [1.82, 2.24) is 0 Å². The smallest absolute Gasteiger partial charge is 0.183 e. The van der Waals surface area contributed by atoms with Gasteiger partial charge in [0.2, 0.25) is 0 Å². The molecule has 1 unspecified atom stereocenters. The molecule has 0 fully saturated rings. The van der Waals surface area contributed by atoms with Crippen LogP contribution in [-0.4, -0.2) is 14.9 Å². The molecule has 0 radical (unpaired) electrons. The summed E-state index contributed by atoms with van der Waals surface area (Å²) in [6.07, 6.45) is 11.0. The Morgan fingerprint density at radius 1 is 0.824 bits per heavy atom. The Hall–Kier alpha value is 0.177. The first-order chi connectivity index (χ1) is 7.99. The third kappa shape index (κ3) is 12.4. The fourth-order valence-corrected chi connectivity index (χ4v) is 2.77. The van der Waals surface area contributed by atoms with Crippen LogP contribution < -0.4 is 0 Å². The molecule has 0 spiro atoms. The Morgan fingerprint density at radius 2 is 1.41 bits per heavy atom. The van der Waals surface area contributed by atoms with Gasteiger partial charge in [0, 0.05) is 6.61 Å². The summed E-state index contributed by atoms with van der Waals surface area (Å²) in [5.74, 6) is 0.818. The Labute approximate surface area is 110 Å². The molecule has 0 aliphatic carbocycles. The van der Waals surface area contributed by atoms with Crippen molar-refractivity contribution >= 4 is 8.32 Å². The van der Waals surface area contributed by atoms with E-state index in [4.69, 9.17) is 4.43 Å². The summed E-state index contributed by atoms with van der Waals surface area (Å²) in [4.78, 5) is 0. The van der Waals surface area contributed by atoms with Gasteiger partial charge in [0.15, 0.2) is 8.32 Å². The third-order valence-electron chi connectivity index (χ3n) is 3.18. The molecule has 0 aromatic carbocycles. The van der Waals surface area contributed by atoms with Crippen LogP contribution in [0, 0.1) is 5.92 Å². The zero-order valence-corrected chi connectivity index (χ0v) is 13.8. The summed E-state index contributed by atoms with van der Waals surface area (Å²) in [7, 11) is -1.31. The van der Waals surface area contributed by atoms with Crippen LogP contribution in [0.5, 0.6) is 0 Å². The molecule has 0 saturated heterocycles. The van der Waals surface area contributed by atoms with E-state index in [1.165, 1.54) is 51.4 Å². The van der Waals surface area contributed by atoms with Gasteiger partial charge in [-0.25, -0.2) is 0 Å². The second-order valence-corrected chi connectivity index (χ2v) is 10.8. The predicted molar refractivity (Wildman–Crippen MR) is 81.1 cm³/mol. The Bertz CT molecular complexity index is 163. The maximum atomic E-state index is 6.08. The fraction of sp³-hybridized carbons (Fsp3) is 1.00. The lowest BCUT2D eigenvalue weighted by molar-refractivity contribution is 0.219. The summed E-state index contributed by atoms with van der Waals surface area (Å²) in [5, 5.41) is 0. The van der Waals surface area contributed by atoms with Crippen LogP contribution in [0.15, 0.2) is 0 Å².